The van der Waals surface area contributed by atoms with Crippen LogP contribution in [0.2, 0.25) is 0 Å². The molecule has 62 valence electrons. The lowest BCUT2D eigenvalue weighted by Crippen LogP contribution is -2.39. The Morgan fingerprint density at radius 1 is 1.50 bits per heavy atom. The third kappa shape index (κ3) is 3.82. The average molecular weight is 147 g/mol. The zero-order valence-corrected chi connectivity index (χ0v) is 6.67. The fourth-order valence-electron chi connectivity index (χ4n) is 0.906. The highest BCUT2D eigenvalue weighted by Crippen LogP contribution is 1.96. The first-order valence-electron chi connectivity index (χ1n) is 3.74. The molecule has 0 amide bonds. The first-order valence-corrected chi connectivity index (χ1v) is 3.74. The predicted octanol–water partition coefficient (Wildman–Crippen LogP) is -0.272. The van der Waals surface area contributed by atoms with E-state index in [0.29, 0.717) is 6.54 Å². The maximum atomic E-state index is 9.09. The van der Waals surface area contributed by atoms with Crippen molar-refractivity contribution < 1.29 is 10.2 Å². The van der Waals surface area contributed by atoms with E-state index in [-0.39, 0.29) is 18.8 Å². The number of aliphatic hydroxyl groups excluding tert-OH is 2. The standard InChI is InChI=1S/C7H17NO2/c1-3-7(6(2)10)8-4-5-9/h6-10H,3-5H2,1-2H3. The molecule has 0 spiro atoms. The van der Waals surface area contributed by atoms with Crippen LogP contribution in [0.15, 0.2) is 0 Å². The van der Waals surface area contributed by atoms with Crippen LogP contribution in [0.5, 0.6) is 0 Å². The van der Waals surface area contributed by atoms with Crippen LogP contribution in [0, 0.1) is 0 Å². The van der Waals surface area contributed by atoms with Gasteiger partial charge in [0.25, 0.3) is 0 Å². The molecular weight excluding hydrogens is 130 g/mol. The first kappa shape index (κ1) is 9.88. The van der Waals surface area contributed by atoms with E-state index in [2.05, 4.69) is 5.32 Å². The van der Waals surface area contributed by atoms with Gasteiger partial charge in [0.15, 0.2) is 0 Å². The van der Waals surface area contributed by atoms with Crippen molar-refractivity contribution in [2.24, 2.45) is 0 Å². The zero-order valence-electron chi connectivity index (χ0n) is 6.67. The normalized spacial score (nSPS) is 16.8. The molecule has 0 saturated heterocycles. The summed E-state index contributed by atoms with van der Waals surface area (Å²) in [5.41, 5.74) is 0. The summed E-state index contributed by atoms with van der Waals surface area (Å²) in [6, 6.07) is 0.118. The van der Waals surface area contributed by atoms with Gasteiger partial charge in [0, 0.05) is 12.6 Å². The molecule has 0 aromatic heterocycles. The highest BCUT2D eigenvalue weighted by molar-refractivity contribution is 4.69. The molecule has 10 heavy (non-hydrogen) atoms. The molecule has 0 heterocycles. The SMILES string of the molecule is CCC(NCCO)C(C)O. The summed E-state index contributed by atoms with van der Waals surface area (Å²) in [5.74, 6) is 0. The van der Waals surface area contributed by atoms with E-state index < -0.39 is 0 Å². The third-order valence-corrected chi connectivity index (χ3v) is 1.54. The van der Waals surface area contributed by atoms with E-state index >= 15 is 0 Å². The molecule has 2 unspecified atom stereocenters. The molecule has 0 bridgehead atoms. The second-order valence-electron chi connectivity index (χ2n) is 2.43. The Balaban J connectivity index is 3.40. The van der Waals surface area contributed by atoms with Crippen LogP contribution in [-0.4, -0.2) is 35.5 Å². The van der Waals surface area contributed by atoms with Crippen molar-refractivity contribution in [2.45, 2.75) is 32.4 Å². The van der Waals surface area contributed by atoms with Crippen LogP contribution in [0.1, 0.15) is 20.3 Å². The molecule has 0 aromatic rings. The van der Waals surface area contributed by atoms with Gasteiger partial charge in [-0.1, -0.05) is 6.92 Å². The second kappa shape index (κ2) is 5.65. The summed E-state index contributed by atoms with van der Waals surface area (Å²) < 4.78 is 0. The molecule has 0 fully saturated rings. The summed E-state index contributed by atoms with van der Waals surface area (Å²) in [6.07, 6.45) is 0.550. The molecule has 0 aliphatic heterocycles. The molecule has 0 aliphatic carbocycles. The highest BCUT2D eigenvalue weighted by atomic mass is 16.3. The van der Waals surface area contributed by atoms with E-state index in [9.17, 15) is 0 Å². The fraction of sp³-hybridized carbons (Fsp3) is 1.00. The minimum Gasteiger partial charge on any atom is -0.395 e. The Morgan fingerprint density at radius 3 is 2.40 bits per heavy atom. The Morgan fingerprint density at radius 2 is 2.10 bits per heavy atom. The van der Waals surface area contributed by atoms with Crippen molar-refractivity contribution in [1.82, 2.24) is 5.32 Å². The summed E-state index contributed by atoms with van der Waals surface area (Å²) >= 11 is 0. The van der Waals surface area contributed by atoms with Gasteiger partial charge in [-0.25, -0.2) is 0 Å². The summed E-state index contributed by atoms with van der Waals surface area (Å²) in [5, 5.41) is 20.6. The molecule has 3 nitrogen and oxygen atoms in total. The topological polar surface area (TPSA) is 52.5 Å². The van der Waals surface area contributed by atoms with Gasteiger partial charge in [0.05, 0.1) is 12.7 Å². The van der Waals surface area contributed by atoms with Gasteiger partial charge in [-0.05, 0) is 13.3 Å². The highest BCUT2D eigenvalue weighted by Gasteiger charge is 2.09. The van der Waals surface area contributed by atoms with Gasteiger partial charge >= 0.3 is 0 Å². The number of hydrogen-bond acceptors (Lipinski definition) is 3. The van der Waals surface area contributed by atoms with E-state index in [1.807, 2.05) is 6.92 Å². The van der Waals surface area contributed by atoms with Gasteiger partial charge in [0.1, 0.15) is 0 Å². The molecule has 0 aliphatic rings. The summed E-state index contributed by atoms with van der Waals surface area (Å²) in [7, 11) is 0. The monoisotopic (exact) mass is 147 g/mol. The molecule has 3 heteroatoms. The molecular formula is C7H17NO2. The number of aliphatic hydroxyl groups is 2. The van der Waals surface area contributed by atoms with Crippen LogP contribution in [-0.2, 0) is 0 Å². The van der Waals surface area contributed by atoms with Crippen LogP contribution in [0.3, 0.4) is 0 Å². The van der Waals surface area contributed by atoms with Gasteiger partial charge in [-0.2, -0.15) is 0 Å². The van der Waals surface area contributed by atoms with Crippen molar-refractivity contribution in [3.05, 3.63) is 0 Å². The van der Waals surface area contributed by atoms with Crippen LogP contribution >= 0.6 is 0 Å². The minimum atomic E-state index is -0.337. The largest absolute Gasteiger partial charge is 0.395 e. The van der Waals surface area contributed by atoms with E-state index in [0.717, 1.165) is 6.42 Å². The smallest absolute Gasteiger partial charge is 0.0664 e. The lowest BCUT2D eigenvalue weighted by Gasteiger charge is -2.18. The van der Waals surface area contributed by atoms with Crippen LogP contribution in [0.4, 0.5) is 0 Å². The molecule has 0 saturated carbocycles. The Hall–Kier alpha value is -0.120. The molecule has 3 N–H and O–H groups in total. The van der Waals surface area contributed by atoms with E-state index in [4.69, 9.17) is 10.2 Å². The first-order chi connectivity index (χ1) is 4.72. The zero-order chi connectivity index (χ0) is 7.98. The van der Waals surface area contributed by atoms with Gasteiger partial charge in [-0.3, -0.25) is 0 Å². The number of rotatable bonds is 5. The van der Waals surface area contributed by atoms with Crippen LogP contribution < -0.4 is 5.32 Å². The molecule has 0 radical (unpaired) electrons. The second-order valence-corrected chi connectivity index (χ2v) is 2.43. The Bertz CT molecular complexity index is 76.0. The number of nitrogens with one attached hydrogen (secondary N) is 1. The molecule has 0 rings (SSSR count). The van der Waals surface area contributed by atoms with Gasteiger partial charge in [-0.15, -0.1) is 0 Å². The quantitative estimate of drug-likeness (QED) is 0.501. The maximum Gasteiger partial charge on any atom is 0.0664 e. The van der Waals surface area contributed by atoms with Crippen molar-refractivity contribution >= 4 is 0 Å². The van der Waals surface area contributed by atoms with Gasteiger partial charge in [0.2, 0.25) is 0 Å². The Kier molecular flexibility index (Phi) is 5.58. The van der Waals surface area contributed by atoms with Gasteiger partial charge < -0.3 is 15.5 Å². The minimum absolute atomic E-state index is 0.118. The lowest BCUT2D eigenvalue weighted by molar-refractivity contribution is 0.138. The summed E-state index contributed by atoms with van der Waals surface area (Å²) in [4.78, 5) is 0. The molecule has 2 atom stereocenters. The summed E-state index contributed by atoms with van der Waals surface area (Å²) in [6.45, 7) is 4.44. The lowest BCUT2D eigenvalue weighted by atomic mass is 10.1. The van der Waals surface area contributed by atoms with Crippen molar-refractivity contribution in [1.29, 1.82) is 0 Å². The van der Waals surface area contributed by atoms with Crippen molar-refractivity contribution in [3.8, 4) is 0 Å². The number of hydrogen-bond donors (Lipinski definition) is 3. The maximum absolute atomic E-state index is 9.09. The van der Waals surface area contributed by atoms with E-state index in [1.54, 1.807) is 6.92 Å². The predicted molar refractivity (Wildman–Crippen MR) is 40.8 cm³/mol. The fourth-order valence-corrected chi connectivity index (χ4v) is 0.906. The Labute approximate surface area is 62.1 Å². The molecule has 0 aromatic carbocycles. The van der Waals surface area contributed by atoms with Crippen LogP contribution in [0.25, 0.3) is 0 Å². The van der Waals surface area contributed by atoms with E-state index in [1.165, 1.54) is 0 Å². The third-order valence-electron chi connectivity index (χ3n) is 1.54. The average Bonchev–Trinajstić information content (AvgIpc) is 1.89. The van der Waals surface area contributed by atoms with Crippen molar-refractivity contribution in [2.75, 3.05) is 13.2 Å². The van der Waals surface area contributed by atoms with Crippen molar-refractivity contribution in [3.63, 3.8) is 0 Å².